The summed E-state index contributed by atoms with van der Waals surface area (Å²) < 4.78 is 50.5. The highest BCUT2D eigenvalue weighted by atomic mass is 14.9. The predicted molar refractivity (Wildman–Crippen MR) is 32.7 cm³/mol. The number of nitrogens with zero attached hydrogens (tertiary/aromatic N) is 1. The van der Waals surface area contributed by atoms with E-state index in [-0.39, 0.29) is 5.82 Å². The Morgan fingerprint density at radius 2 is 2.88 bits per heavy atom. The molecule has 1 aromatic rings. The van der Waals surface area contributed by atoms with Gasteiger partial charge in [-0.2, -0.15) is 0 Å². The number of hydrogen-bond donors (Lipinski definition) is 1. The number of imidazole rings is 1. The summed E-state index contributed by atoms with van der Waals surface area (Å²) in [5.74, 6) is -3.09. The molecular formula is C6H10N2. The van der Waals surface area contributed by atoms with E-state index in [9.17, 15) is 0 Å². The van der Waals surface area contributed by atoms with Crippen LogP contribution in [-0.2, 0) is 0 Å². The lowest BCUT2D eigenvalue weighted by Crippen LogP contribution is -1.87. The van der Waals surface area contributed by atoms with Gasteiger partial charge < -0.3 is 4.98 Å². The third kappa shape index (κ3) is 0.886. The zero-order valence-corrected chi connectivity index (χ0v) is 4.10. The fourth-order valence-corrected chi connectivity index (χ4v) is 0.402. The van der Waals surface area contributed by atoms with Crippen LogP contribution >= 0.6 is 0 Å². The molecule has 1 aromatic heterocycles. The maximum absolute atomic E-state index is 7.66. The fraction of sp³-hybridized carbons (Fsp3) is 0.500. The maximum atomic E-state index is 7.66. The molecular weight excluding hydrogens is 100 g/mol. The Morgan fingerprint density at radius 1 is 2.00 bits per heavy atom. The largest absolute Gasteiger partial charge is 0.348 e. The van der Waals surface area contributed by atoms with Crippen molar-refractivity contribution < 1.29 is 9.60 Å². The number of nitrogens with one attached hydrogen (secondary N) is 1. The second-order valence-electron chi connectivity index (χ2n) is 1.31. The molecule has 0 atom stereocenters. The van der Waals surface area contributed by atoms with E-state index in [1.54, 1.807) is 0 Å². The molecule has 0 amide bonds. The Bertz CT molecular complexity index is 308. The third-order valence-corrected chi connectivity index (χ3v) is 0.735. The zero-order valence-electron chi connectivity index (χ0n) is 11.1. The molecule has 2 nitrogen and oxygen atoms in total. The van der Waals surface area contributed by atoms with Crippen molar-refractivity contribution >= 4 is 0 Å². The van der Waals surface area contributed by atoms with Crippen molar-refractivity contribution in [1.82, 2.24) is 9.97 Å². The standard InChI is InChI=1S/C6H10N2/c1-5(2)6-7-3-4-8-6/h3-5H,1-2H3,(H,7,8)/i1D3,2D3,5D. The lowest BCUT2D eigenvalue weighted by atomic mass is 10.2. The van der Waals surface area contributed by atoms with Crippen molar-refractivity contribution in [3.8, 4) is 0 Å². The van der Waals surface area contributed by atoms with Gasteiger partial charge in [0.05, 0.1) is 0 Å². The molecule has 0 unspecified atom stereocenters. The Kier molecular flexibility index (Phi) is 0.342. The number of H-pyrrole nitrogens is 1. The quantitative estimate of drug-likeness (QED) is 0.593. The van der Waals surface area contributed by atoms with Gasteiger partial charge in [-0.25, -0.2) is 4.98 Å². The Hall–Kier alpha value is -0.790. The van der Waals surface area contributed by atoms with Crippen LogP contribution in [0.25, 0.3) is 0 Å². The fourth-order valence-electron chi connectivity index (χ4n) is 0.402. The summed E-state index contributed by atoms with van der Waals surface area (Å²) in [7, 11) is 0. The number of hydrogen-bond acceptors (Lipinski definition) is 1. The normalized spacial score (nSPS) is 27.8. The summed E-state index contributed by atoms with van der Waals surface area (Å²) in [5, 5.41) is 0. The average Bonchev–Trinajstić information content (AvgIpc) is 2.49. The molecule has 0 aromatic carbocycles. The molecule has 44 valence electrons. The number of rotatable bonds is 1. The molecule has 0 aliphatic rings. The van der Waals surface area contributed by atoms with Gasteiger partial charge >= 0.3 is 0 Å². The molecule has 0 aliphatic heterocycles. The minimum absolute atomic E-state index is 0.373. The molecule has 2 heteroatoms. The lowest BCUT2D eigenvalue weighted by Gasteiger charge is -1.95. The minimum Gasteiger partial charge on any atom is -0.348 e. The van der Waals surface area contributed by atoms with Crippen molar-refractivity contribution in [2.45, 2.75) is 19.6 Å². The Balaban J connectivity index is 3.33. The van der Waals surface area contributed by atoms with E-state index in [1.807, 2.05) is 0 Å². The monoisotopic (exact) mass is 117 g/mol. The highest BCUT2D eigenvalue weighted by Gasteiger charge is 1.96. The first-order valence-corrected chi connectivity index (χ1v) is 2.10. The van der Waals surface area contributed by atoms with Gasteiger partial charge in [-0.05, 0) is 0 Å². The SMILES string of the molecule is [2H]C([2H])([2H])C([2H])(c1ncc[nH]1)C([2H])([2H])[2H]. The smallest absolute Gasteiger partial charge is 0.108 e. The van der Waals surface area contributed by atoms with E-state index >= 15 is 0 Å². The summed E-state index contributed by atoms with van der Waals surface area (Å²) in [5.41, 5.74) is 0. The van der Waals surface area contributed by atoms with Gasteiger partial charge in [-0.3, -0.25) is 0 Å². The summed E-state index contributed by atoms with van der Waals surface area (Å²) in [6.07, 6.45) is 2.51. The molecule has 8 heavy (non-hydrogen) atoms. The number of aromatic nitrogens is 2. The Labute approximate surface area is 58.8 Å². The van der Waals surface area contributed by atoms with Crippen molar-refractivity contribution in [2.24, 2.45) is 0 Å². The van der Waals surface area contributed by atoms with Crippen LogP contribution in [0.15, 0.2) is 12.4 Å². The van der Waals surface area contributed by atoms with Crippen molar-refractivity contribution in [3.05, 3.63) is 18.2 Å². The summed E-state index contributed by atoms with van der Waals surface area (Å²) in [6.45, 7) is -5.95. The van der Waals surface area contributed by atoms with E-state index in [0.29, 0.717) is 0 Å². The minimum atomic E-state index is -2.98. The first-order chi connectivity index (χ1) is 6.61. The van der Waals surface area contributed by atoms with Crippen LogP contribution in [0.2, 0.25) is 0 Å². The molecule has 1 N–H and O–H groups in total. The van der Waals surface area contributed by atoms with Crippen LogP contribution in [0.3, 0.4) is 0 Å². The predicted octanol–water partition coefficient (Wildman–Crippen LogP) is 1.53. The first-order valence-electron chi connectivity index (χ1n) is 5.60. The van der Waals surface area contributed by atoms with Crippen LogP contribution in [0.5, 0.6) is 0 Å². The van der Waals surface area contributed by atoms with E-state index in [0.717, 1.165) is 0 Å². The van der Waals surface area contributed by atoms with Gasteiger partial charge in [0, 0.05) is 27.9 Å². The van der Waals surface area contributed by atoms with Crippen molar-refractivity contribution in [3.63, 3.8) is 0 Å². The van der Waals surface area contributed by atoms with Gasteiger partial charge in [0.15, 0.2) is 0 Å². The zero-order chi connectivity index (χ0) is 11.9. The van der Waals surface area contributed by atoms with Crippen LogP contribution < -0.4 is 0 Å². The number of aromatic amines is 1. The molecule has 0 saturated carbocycles. The highest BCUT2D eigenvalue weighted by Crippen LogP contribution is 2.05. The summed E-state index contributed by atoms with van der Waals surface area (Å²) >= 11 is 0. The van der Waals surface area contributed by atoms with Crippen LogP contribution in [-0.4, -0.2) is 9.97 Å². The van der Waals surface area contributed by atoms with Gasteiger partial charge in [0.2, 0.25) is 0 Å². The van der Waals surface area contributed by atoms with Crippen molar-refractivity contribution in [1.29, 1.82) is 0 Å². The Morgan fingerprint density at radius 3 is 3.38 bits per heavy atom. The summed E-state index contributed by atoms with van der Waals surface area (Å²) in [4.78, 5) is 5.93. The molecule has 0 saturated heterocycles. The van der Waals surface area contributed by atoms with Gasteiger partial charge in [0.25, 0.3) is 0 Å². The molecule has 0 fully saturated rings. The van der Waals surface area contributed by atoms with E-state index in [1.165, 1.54) is 12.4 Å². The highest BCUT2D eigenvalue weighted by molar-refractivity contribution is 4.91. The first kappa shape index (κ1) is 1.38. The van der Waals surface area contributed by atoms with E-state index in [4.69, 9.17) is 9.60 Å². The van der Waals surface area contributed by atoms with Gasteiger partial charge in [-0.15, -0.1) is 0 Å². The van der Waals surface area contributed by atoms with Crippen LogP contribution in [0.1, 0.15) is 35.0 Å². The average molecular weight is 117 g/mol. The summed E-state index contributed by atoms with van der Waals surface area (Å²) in [6, 6.07) is 0. The maximum Gasteiger partial charge on any atom is 0.108 e. The second-order valence-corrected chi connectivity index (χ2v) is 1.31. The van der Waals surface area contributed by atoms with E-state index < -0.39 is 19.6 Å². The molecule has 0 radical (unpaired) electrons. The molecule has 0 bridgehead atoms. The lowest BCUT2D eigenvalue weighted by molar-refractivity contribution is 0.794. The molecule has 0 spiro atoms. The van der Waals surface area contributed by atoms with Crippen molar-refractivity contribution in [2.75, 3.05) is 0 Å². The third-order valence-electron chi connectivity index (χ3n) is 0.735. The second kappa shape index (κ2) is 1.99. The topological polar surface area (TPSA) is 28.7 Å². The van der Waals surface area contributed by atoms with Crippen LogP contribution in [0.4, 0.5) is 0 Å². The van der Waals surface area contributed by atoms with Gasteiger partial charge in [-0.1, -0.05) is 13.7 Å². The molecule has 1 rings (SSSR count). The molecule has 1 heterocycles. The van der Waals surface area contributed by atoms with Gasteiger partial charge in [0.1, 0.15) is 5.82 Å². The van der Waals surface area contributed by atoms with E-state index in [2.05, 4.69) is 9.97 Å². The van der Waals surface area contributed by atoms with Crippen LogP contribution in [0, 0.1) is 0 Å². The molecule has 0 aliphatic carbocycles.